The number of fused-ring (bicyclic) bond motifs is 1. The Morgan fingerprint density at radius 1 is 1.23 bits per heavy atom. The summed E-state index contributed by atoms with van der Waals surface area (Å²) in [5.74, 6) is 0.358. The normalized spacial score (nSPS) is 11.9. The highest BCUT2D eigenvalue weighted by Gasteiger charge is 2.28. The van der Waals surface area contributed by atoms with Crippen LogP contribution in [0.5, 0.6) is 0 Å². The van der Waals surface area contributed by atoms with Crippen LogP contribution in [0.25, 0.3) is 22.3 Å². The van der Waals surface area contributed by atoms with E-state index < -0.39 is 18.6 Å². The molecule has 184 valence electrons. The van der Waals surface area contributed by atoms with Gasteiger partial charge in [-0.1, -0.05) is 31.5 Å². The van der Waals surface area contributed by atoms with E-state index in [1.807, 2.05) is 31.3 Å². The molecule has 0 bridgehead atoms. The minimum Gasteiger partial charge on any atom is -0.343 e. The van der Waals surface area contributed by atoms with Gasteiger partial charge in [-0.3, -0.25) is 9.89 Å². The molecule has 12 heteroatoms. The van der Waals surface area contributed by atoms with Crippen LogP contribution in [0.1, 0.15) is 29.8 Å². The molecular weight excluding hydrogens is 483 g/mol. The number of aryl methyl sites for hydroxylation is 1. The molecule has 0 spiro atoms. The molecule has 0 aliphatic heterocycles. The first-order chi connectivity index (χ1) is 16.5. The highest BCUT2D eigenvalue weighted by Crippen LogP contribution is 2.32. The number of aromatic nitrogens is 5. The van der Waals surface area contributed by atoms with Gasteiger partial charge in [-0.15, -0.1) is 5.10 Å². The van der Waals surface area contributed by atoms with E-state index in [2.05, 4.69) is 25.6 Å². The van der Waals surface area contributed by atoms with Gasteiger partial charge in [0.2, 0.25) is 5.95 Å². The summed E-state index contributed by atoms with van der Waals surface area (Å²) < 4.78 is 39.0. The molecule has 35 heavy (non-hydrogen) atoms. The minimum atomic E-state index is -4.48. The van der Waals surface area contributed by atoms with Gasteiger partial charge in [0.05, 0.1) is 22.4 Å². The zero-order valence-corrected chi connectivity index (χ0v) is 19.9. The first-order valence-corrected chi connectivity index (χ1v) is 11.2. The second-order valence-corrected chi connectivity index (χ2v) is 8.92. The molecule has 0 atom stereocenters. The summed E-state index contributed by atoms with van der Waals surface area (Å²) in [6.07, 6.45) is -2.84. The third kappa shape index (κ3) is 5.56. The fourth-order valence-electron chi connectivity index (χ4n) is 3.56. The van der Waals surface area contributed by atoms with Crippen LogP contribution in [0, 0.1) is 12.8 Å². The average Bonchev–Trinajstić information content (AvgIpc) is 3.41. The Hall–Kier alpha value is -3.60. The fraction of sp³-hybridized carbons (Fsp3) is 0.304. The van der Waals surface area contributed by atoms with Gasteiger partial charge in [0.25, 0.3) is 5.91 Å². The van der Waals surface area contributed by atoms with Gasteiger partial charge in [-0.25, -0.2) is 4.68 Å². The minimum absolute atomic E-state index is 0.151. The summed E-state index contributed by atoms with van der Waals surface area (Å²) in [5, 5.41) is 17.9. The quantitative estimate of drug-likeness (QED) is 0.309. The lowest BCUT2D eigenvalue weighted by atomic mass is 10.0. The van der Waals surface area contributed by atoms with Crippen LogP contribution in [0.4, 0.5) is 24.8 Å². The number of benzene rings is 2. The summed E-state index contributed by atoms with van der Waals surface area (Å²) in [7, 11) is 0. The third-order valence-electron chi connectivity index (χ3n) is 5.19. The lowest BCUT2D eigenvalue weighted by Gasteiger charge is -2.11. The number of hydrogen-bond acceptors (Lipinski definition) is 5. The van der Waals surface area contributed by atoms with E-state index >= 15 is 0 Å². The Kier molecular flexibility index (Phi) is 6.70. The molecule has 3 N–H and O–H groups in total. The van der Waals surface area contributed by atoms with E-state index in [9.17, 15) is 18.0 Å². The summed E-state index contributed by atoms with van der Waals surface area (Å²) in [4.78, 5) is 16.8. The number of amides is 1. The van der Waals surface area contributed by atoms with Gasteiger partial charge in [-0.05, 0) is 42.7 Å². The molecular formula is C23H23ClF3N7O. The second-order valence-electron chi connectivity index (χ2n) is 8.55. The maximum absolute atomic E-state index is 12.4. The van der Waals surface area contributed by atoms with Gasteiger partial charge < -0.3 is 10.6 Å². The van der Waals surface area contributed by atoms with Crippen LogP contribution in [-0.2, 0) is 6.54 Å². The Labute approximate surface area is 203 Å². The molecule has 4 aromatic rings. The average molecular weight is 506 g/mol. The molecule has 0 fully saturated rings. The smallest absolute Gasteiger partial charge is 0.343 e. The molecule has 2 aromatic heterocycles. The number of halogens is 4. The van der Waals surface area contributed by atoms with E-state index in [1.54, 1.807) is 29.9 Å². The number of alkyl halides is 3. The van der Waals surface area contributed by atoms with Gasteiger partial charge in [-0.2, -0.15) is 23.3 Å². The maximum atomic E-state index is 12.4. The van der Waals surface area contributed by atoms with Crippen molar-refractivity contribution in [2.45, 2.75) is 33.5 Å². The van der Waals surface area contributed by atoms with Crippen molar-refractivity contribution in [3.05, 3.63) is 52.7 Å². The summed E-state index contributed by atoms with van der Waals surface area (Å²) in [6.45, 7) is 4.94. The molecule has 0 saturated carbocycles. The van der Waals surface area contributed by atoms with Crippen molar-refractivity contribution in [2.75, 3.05) is 11.9 Å². The van der Waals surface area contributed by atoms with Crippen molar-refractivity contribution in [3.8, 4) is 11.4 Å². The van der Waals surface area contributed by atoms with Gasteiger partial charge >= 0.3 is 6.18 Å². The zero-order chi connectivity index (χ0) is 25.3. The summed E-state index contributed by atoms with van der Waals surface area (Å²) >= 11 is 6.55. The number of anilines is 2. The number of carbonyl (C=O) groups is 1. The molecule has 0 saturated heterocycles. The molecule has 8 nitrogen and oxygen atoms in total. The fourth-order valence-corrected chi connectivity index (χ4v) is 3.82. The Bertz CT molecular complexity index is 1380. The highest BCUT2D eigenvalue weighted by molar-refractivity contribution is 6.38. The SMILES string of the molecule is Cc1cc(-c2nc(Nc3ccc4[nH]ncc4c3Cl)n(CC(C)C)n2)ccc1C(=O)NCC(F)(F)F. The largest absolute Gasteiger partial charge is 0.405 e. The topological polar surface area (TPSA) is 101 Å². The maximum Gasteiger partial charge on any atom is 0.405 e. The van der Waals surface area contributed by atoms with Crippen molar-refractivity contribution >= 4 is 40.0 Å². The van der Waals surface area contributed by atoms with E-state index in [-0.39, 0.29) is 11.5 Å². The first kappa shape index (κ1) is 24.5. The molecule has 0 radical (unpaired) electrons. The standard InChI is InChI=1S/C23H23ClF3N7O/c1-12(2)10-34-22(30-18-7-6-17-16(19(18)24)9-29-32-17)31-20(33-34)14-4-5-15(13(3)8-14)21(35)28-11-23(25,26)27/h4-9,12H,10-11H2,1-3H3,(H,28,35)(H,29,32)(H,30,31,33). The van der Waals surface area contributed by atoms with E-state index in [4.69, 9.17) is 11.6 Å². The van der Waals surface area contributed by atoms with Crippen molar-refractivity contribution in [2.24, 2.45) is 5.92 Å². The molecule has 0 aliphatic carbocycles. The van der Waals surface area contributed by atoms with E-state index in [1.165, 1.54) is 6.07 Å². The lowest BCUT2D eigenvalue weighted by Crippen LogP contribution is -2.34. The first-order valence-electron chi connectivity index (χ1n) is 10.8. The molecule has 0 unspecified atom stereocenters. The highest BCUT2D eigenvalue weighted by atomic mass is 35.5. The van der Waals surface area contributed by atoms with Crippen molar-refractivity contribution < 1.29 is 18.0 Å². The number of hydrogen-bond donors (Lipinski definition) is 3. The predicted octanol–water partition coefficient (Wildman–Crippen LogP) is 5.47. The van der Waals surface area contributed by atoms with Crippen LogP contribution in [0.3, 0.4) is 0 Å². The predicted molar refractivity (Wildman–Crippen MR) is 128 cm³/mol. The van der Waals surface area contributed by atoms with Gasteiger partial charge in [0.1, 0.15) is 6.54 Å². The second kappa shape index (κ2) is 9.57. The number of rotatable bonds is 7. The van der Waals surface area contributed by atoms with Crippen LogP contribution in [0.15, 0.2) is 36.5 Å². The van der Waals surface area contributed by atoms with E-state index in [0.717, 1.165) is 10.9 Å². The summed E-state index contributed by atoms with van der Waals surface area (Å²) in [5.41, 5.74) is 2.72. The lowest BCUT2D eigenvalue weighted by molar-refractivity contribution is -0.123. The summed E-state index contributed by atoms with van der Waals surface area (Å²) in [6, 6.07) is 8.42. The number of carbonyl (C=O) groups excluding carboxylic acids is 1. The Balaban J connectivity index is 1.63. The number of aromatic amines is 1. The molecule has 0 aliphatic rings. The Morgan fingerprint density at radius 3 is 2.69 bits per heavy atom. The van der Waals surface area contributed by atoms with Crippen LogP contribution < -0.4 is 10.6 Å². The van der Waals surface area contributed by atoms with Gasteiger partial charge in [0, 0.05) is 23.1 Å². The van der Waals surface area contributed by atoms with Crippen LogP contribution >= 0.6 is 11.6 Å². The number of H-pyrrole nitrogens is 1. The zero-order valence-electron chi connectivity index (χ0n) is 19.2. The number of nitrogens with one attached hydrogen (secondary N) is 3. The molecule has 1 amide bonds. The monoisotopic (exact) mass is 505 g/mol. The Morgan fingerprint density at radius 2 is 2.00 bits per heavy atom. The van der Waals surface area contributed by atoms with Crippen LogP contribution in [-0.4, -0.2) is 43.6 Å². The molecule has 2 heterocycles. The van der Waals surface area contributed by atoms with Crippen LogP contribution in [0.2, 0.25) is 5.02 Å². The van der Waals surface area contributed by atoms with Gasteiger partial charge in [0.15, 0.2) is 5.82 Å². The molecule has 4 rings (SSSR count). The van der Waals surface area contributed by atoms with Crippen molar-refractivity contribution in [3.63, 3.8) is 0 Å². The number of nitrogens with zero attached hydrogens (tertiary/aromatic N) is 4. The van der Waals surface area contributed by atoms with Crippen molar-refractivity contribution in [1.29, 1.82) is 0 Å². The molecule has 2 aromatic carbocycles. The van der Waals surface area contributed by atoms with Crippen molar-refractivity contribution in [1.82, 2.24) is 30.3 Å². The van der Waals surface area contributed by atoms with E-state index in [0.29, 0.717) is 40.2 Å². The third-order valence-corrected chi connectivity index (χ3v) is 5.60.